The highest BCUT2D eigenvalue weighted by Crippen LogP contribution is 2.41. The Morgan fingerprint density at radius 3 is 2.79 bits per heavy atom. The molecule has 1 heterocycles. The summed E-state index contributed by atoms with van der Waals surface area (Å²) in [6.07, 6.45) is 3.31. The summed E-state index contributed by atoms with van der Waals surface area (Å²) in [5.74, 6) is 0.493. The van der Waals surface area contributed by atoms with E-state index in [-0.39, 0.29) is 10.6 Å². The summed E-state index contributed by atoms with van der Waals surface area (Å²) in [7, 11) is 1.51. The fraction of sp³-hybridized carbons (Fsp3) is 0.538. The molecule has 1 atom stereocenters. The molecular weight excluding hydrogens is 312 g/mol. The first-order valence-corrected chi connectivity index (χ1v) is 7.12. The van der Waals surface area contributed by atoms with Crippen molar-refractivity contribution in [2.45, 2.75) is 32.2 Å². The second-order valence-electron chi connectivity index (χ2n) is 4.77. The van der Waals surface area contributed by atoms with E-state index in [1.54, 1.807) is 6.07 Å². The Morgan fingerprint density at radius 2 is 2.21 bits per heavy atom. The Kier molecular flexibility index (Phi) is 4.29. The van der Waals surface area contributed by atoms with Crippen LogP contribution in [0.15, 0.2) is 16.6 Å². The van der Waals surface area contributed by atoms with Crippen molar-refractivity contribution in [1.29, 1.82) is 0 Å². The minimum Gasteiger partial charge on any atom is -0.496 e. The third-order valence-electron chi connectivity index (χ3n) is 3.54. The number of piperidine rings is 1. The minimum atomic E-state index is -0.343. The first-order chi connectivity index (χ1) is 9.04. The Morgan fingerprint density at radius 1 is 1.47 bits per heavy atom. The van der Waals surface area contributed by atoms with Crippen LogP contribution in [0.2, 0.25) is 0 Å². The fourth-order valence-corrected chi connectivity index (χ4v) is 3.19. The highest BCUT2D eigenvalue weighted by molar-refractivity contribution is 9.10. The fourth-order valence-electron chi connectivity index (χ4n) is 2.53. The molecule has 6 heteroatoms. The van der Waals surface area contributed by atoms with Crippen LogP contribution in [0.1, 0.15) is 26.2 Å². The number of ether oxygens (including phenoxy) is 1. The Labute approximate surface area is 120 Å². The number of nitro benzene ring substituents is 1. The topological polar surface area (TPSA) is 55.6 Å². The second-order valence-corrected chi connectivity index (χ2v) is 5.63. The lowest BCUT2D eigenvalue weighted by Crippen LogP contribution is -2.38. The number of rotatable bonds is 3. The monoisotopic (exact) mass is 328 g/mol. The van der Waals surface area contributed by atoms with Crippen molar-refractivity contribution >= 4 is 27.3 Å². The van der Waals surface area contributed by atoms with Crippen LogP contribution in [0.5, 0.6) is 5.75 Å². The van der Waals surface area contributed by atoms with E-state index >= 15 is 0 Å². The van der Waals surface area contributed by atoms with Gasteiger partial charge in [-0.25, -0.2) is 0 Å². The van der Waals surface area contributed by atoms with Gasteiger partial charge in [-0.15, -0.1) is 0 Å². The Hall–Kier alpha value is -1.30. The van der Waals surface area contributed by atoms with Crippen LogP contribution in [-0.4, -0.2) is 24.6 Å². The van der Waals surface area contributed by atoms with Crippen molar-refractivity contribution in [2.75, 3.05) is 18.6 Å². The van der Waals surface area contributed by atoms with E-state index in [9.17, 15) is 10.1 Å². The lowest BCUT2D eigenvalue weighted by Gasteiger charge is -2.35. The van der Waals surface area contributed by atoms with Crippen LogP contribution < -0.4 is 9.64 Å². The normalized spacial score (nSPS) is 19.3. The number of nitro groups is 1. The van der Waals surface area contributed by atoms with Gasteiger partial charge in [0.2, 0.25) is 0 Å². The lowest BCUT2D eigenvalue weighted by atomic mass is 10.0. The lowest BCUT2D eigenvalue weighted by molar-refractivity contribution is -0.384. The van der Waals surface area contributed by atoms with Crippen molar-refractivity contribution < 1.29 is 9.66 Å². The van der Waals surface area contributed by atoms with Gasteiger partial charge in [-0.3, -0.25) is 10.1 Å². The number of nitrogens with zero attached hydrogens (tertiary/aromatic N) is 2. The minimum absolute atomic E-state index is 0.0972. The van der Waals surface area contributed by atoms with Crippen molar-refractivity contribution in [3.8, 4) is 5.75 Å². The van der Waals surface area contributed by atoms with Crippen LogP contribution in [0.4, 0.5) is 11.4 Å². The van der Waals surface area contributed by atoms with Gasteiger partial charge < -0.3 is 9.64 Å². The first-order valence-electron chi connectivity index (χ1n) is 6.33. The van der Waals surface area contributed by atoms with Crippen LogP contribution in [0.3, 0.4) is 0 Å². The predicted octanol–water partition coefficient (Wildman–Crippen LogP) is 3.74. The van der Waals surface area contributed by atoms with Crippen molar-refractivity contribution in [3.63, 3.8) is 0 Å². The summed E-state index contributed by atoms with van der Waals surface area (Å²) in [5, 5.41) is 11.3. The van der Waals surface area contributed by atoms with E-state index in [0.29, 0.717) is 22.0 Å². The molecular formula is C13H17BrN2O3. The molecule has 5 nitrogen and oxygen atoms in total. The van der Waals surface area contributed by atoms with Gasteiger partial charge in [0.25, 0.3) is 5.69 Å². The molecule has 0 amide bonds. The molecule has 1 saturated heterocycles. The molecule has 2 rings (SSSR count). The van der Waals surface area contributed by atoms with Gasteiger partial charge in [0.1, 0.15) is 11.4 Å². The van der Waals surface area contributed by atoms with E-state index < -0.39 is 0 Å². The molecule has 1 aromatic rings. The third kappa shape index (κ3) is 2.83. The summed E-state index contributed by atoms with van der Waals surface area (Å²) < 4.78 is 5.82. The van der Waals surface area contributed by atoms with Crippen LogP contribution >= 0.6 is 15.9 Å². The number of hydrogen-bond donors (Lipinski definition) is 0. The van der Waals surface area contributed by atoms with Crippen LogP contribution in [0, 0.1) is 10.1 Å². The maximum atomic E-state index is 11.3. The number of hydrogen-bond acceptors (Lipinski definition) is 4. The smallest absolute Gasteiger partial charge is 0.297 e. The van der Waals surface area contributed by atoms with E-state index in [2.05, 4.69) is 27.8 Å². The third-order valence-corrected chi connectivity index (χ3v) is 4.14. The summed E-state index contributed by atoms with van der Waals surface area (Å²) in [4.78, 5) is 13.1. The molecule has 0 aliphatic carbocycles. The van der Waals surface area contributed by atoms with Gasteiger partial charge in [0.05, 0.1) is 22.6 Å². The highest BCUT2D eigenvalue weighted by atomic mass is 79.9. The van der Waals surface area contributed by atoms with Gasteiger partial charge in [-0.1, -0.05) is 0 Å². The molecule has 1 aliphatic rings. The molecule has 0 saturated carbocycles. The van der Waals surface area contributed by atoms with E-state index in [1.807, 2.05) is 0 Å². The van der Waals surface area contributed by atoms with Crippen molar-refractivity contribution in [3.05, 3.63) is 26.7 Å². The van der Waals surface area contributed by atoms with Gasteiger partial charge >= 0.3 is 0 Å². The molecule has 0 aromatic heterocycles. The molecule has 0 radical (unpaired) electrons. The van der Waals surface area contributed by atoms with Gasteiger partial charge in [-0.2, -0.15) is 0 Å². The SMILES string of the molecule is COc1cc(Br)c(N2CCCC[C@@H]2C)c([N+](=O)[O-])c1. The molecule has 19 heavy (non-hydrogen) atoms. The summed E-state index contributed by atoms with van der Waals surface area (Å²) in [6.45, 7) is 2.96. The first kappa shape index (κ1) is 14.1. The Bertz CT molecular complexity index is 493. The molecule has 0 unspecified atom stereocenters. The zero-order valence-electron chi connectivity index (χ0n) is 11.1. The average Bonchev–Trinajstić information content (AvgIpc) is 2.38. The van der Waals surface area contributed by atoms with Gasteiger partial charge in [0, 0.05) is 12.6 Å². The van der Waals surface area contributed by atoms with Crippen molar-refractivity contribution in [2.24, 2.45) is 0 Å². The number of anilines is 1. The zero-order chi connectivity index (χ0) is 14.0. The highest BCUT2D eigenvalue weighted by Gasteiger charge is 2.28. The molecule has 0 bridgehead atoms. The summed E-state index contributed by atoms with van der Waals surface area (Å²) in [5.41, 5.74) is 0.762. The molecule has 0 N–H and O–H groups in total. The largest absolute Gasteiger partial charge is 0.496 e. The van der Waals surface area contributed by atoms with E-state index in [4.69, 9.17) is 4.74 Å². The summed E-state index contributed by atoms with van der Waals surface area (Å²) >= 11 is 3.44. The second kappa shape index (κ2) is 5.77. The molecule has 104 valence electrons. The summed E-state index contributed by atoms with van der Waals surface area (Å²) in [6, 6.07) is 3.59. The molecule has 0 spiro atoms. The standard InChI is InChI=1S/C13H17BrN2O3/c1-9-5-3-4-6-15(9)13-11(14)7-10(19-2)8-12(13)16(17)18/h7-9H,3-6H2,1-2H3/t9-/m0/s1. The maximum absolute atomic E-state index is 11.3. The Balaban J connectivity index is 2.51. The zero-order valence-corrected chi connectivity index (χ0v) is 12.6. The molecule has 1 aliphatic heterocycles. The van der Waals surface area contributed by atoms with Crippen molar-refractivity contribution in [1.82, 2.24) is 0 Å². The van der Waals surface area contributed by atoms with Gasteiger partial charge in [0.15, 0.2) is 0 Å². The quantitative estimate of drug-likeness (QED) is 0.626. The number of methoxy groups -OCH3 is 1. The van der Waals surface area contributed by atoms with Crippen LogP contribution in [-0.2, 0) is 0 Å². The predicted molar refractivity (Wildman–Crippen MR) is 78.0 cm³/mol. The average molecular weight is 329 g/mol. The van der Waals surface area contributed by atoms with E-state index in [0.717, 1.165) is 19.4 Å². The van der Waals surface area contributed by atoms with E-state index in [1.165, 1.54) is 19.6 Å². The molecule has 1 fully saturated rings. The van der Waals surface area contributed by atoms with Crippen LogP contribution in [0.25, 0.3) is 0 Å². The van der Waals surface area contributed by atoms with Gasteiger partial charge in [-0.05, 0) is 48.2 Å². The number of halogens is 1. The number of benzene rings is 1. The molecule has 1 aromatic carbocycles. The maximum Gasteiger partial charge on any atom is 0.297 e.